The Balaban J connectivity index is 2.00. The van der Waals surface area contributed by atoms with Gasteiger partial charge in [0.2, 0.25) is 5.91 Å². The lowest BCUT2D eigenvalue weighted by Crippen LogP contribution is -2.34. The minimum Gasteiger partial charge on any atom is -0.349 e. The fourth-order valence-electron chi connectivity index (χ4n) is 2.35. The van der Waals surface area contributed by atoms with Gasteiger partial charge < -0.3 is 5.32 Å². The number of carbonyl (C=O) groups is 1. The van der Waals surface area contributed by atoms with E-state index in [1.54, 1.807) is 10.8 Å². The highest BCUT2D eigenvalue weighted by Crippen LogP contribution is 2.14. The van der Waals surface area contributed by atoms with Crippen molar-refractivity contribution in [2.24, 2.45) is 7.05 Å². The molecule has 2 heterocycles. The standard InChI is InChI=1S/C13H19N3O3S/c1-9-12(10(2)16(3)15-9)4-5-13(17)14-11-6-7-20(18,19)8-11/h4-5,11H,6-8H2,1-3H3,(H,14,17)/b5-4+/t11-/m1/s1. The smallest absolute Gasteiger partial charge is 0.244 e. The summed E-state index contributed by atoms with van der Waals surface area (Å²) in [7, 11) is -1.12. The van der Waals surface area contributed by atoms with E-state index in [2.05, 4.69) is 10.4 Å². The van der Waals surface area contributed by atoms with Crippen molar-refractivity contribution in [1.29, 1.82) is 0 Å². The van der Waals surface area contributed by atoms with Gasteiger partial charge in [-0.15, -0.1) is 0 Å². The highest BCUT2D eigenvalue weighted by Gasteiger charge is 2.28. The summed E-state index contributed by atoms with van der Waals surface area (Å²) in [6.07, 6.45) is 3.64. The number of carbonyl (C=O) groups excluding carboxylic acids is 1. The van der Waals surface area contributed by atoms with Crippen molar-refractivity contribution in [3.8, 4) is 0 Å². The molecular weight excluding hydrogens is 278 g/mol. The third kappa shape index (κ3) is 3.27. The van der Waals surface area contributed by atoms with Crippen molar-refractivity contribution >= 4 is 21.8 Å². The molecule has 1 N–H and O–H groups in total. The summed E-state index contributed by atoms with van der Waals surface area (Å²) in [5.41, 5.74) is 2.76. The zero-order valence-corrected chi connectivity index (χ0v) is 12.7. The van der Waals surface area contributed by atoms with E-state index in [0.29, 0.717) is 6.42 Å². The summed E-state index contributed by atoms with van der Waals surface area (Å²) in [6.45, 7) is 3.81. The van der Waals surface area contributed by atoms with Crippen LogP contribution in [-0.2, 0) is 21.7 Å². The molecule has 0 bridgehead atoms. The molecule has 1 aliphatic heterocycles. The predicted molar refractivity (Wildman–Crippen MR) is 76.9 cm³/mol. The van der Waals surface area contributed by atoms with Crippen molar-refractivity contribution in [3.63, 3.8) is 0 Å². The average Bonchev–Trinajstić information content (AvgIpc) is 2.78. The summed E-state index contributed by atoms with van der Waals surface area (Å²) < 4.78 is 24.4. The van der Waals surface area contributed by atoms with Gasteiger partial charge in [0.25, 0.3) is 0 Å². The molecule has 1 amide bonds. The van der Waals surface area contributed by atoms with Crippen LogP contribution in [0.1, 0.15) is 23.4 Å². The number of hydrogen-bond acceptors (Lipinski definition) is 4. The Labute approximate surface area is 118 Å². The summed E-state index contributed by atoms with van der Waals surface area (Å²) in [5.74, 6) is -0.0743. The Morgan fingerprint density at radius 3 is 2.65 bits per heavy atom. The van der Waals surface area contributed by atoms with Crippen LogP contribution in [0.2, 0.25) is 0 Å². The Bertz CT molecular complexity index is 659. The van der Waals surface area contributed by atoms with Crippen LogP contribution >= 0.6 is 0 Å². The Hall–Kier alpha value is -1.63. The average molecular weight is 297 g/mol. The molecule has 1 fully saturated rings. The second-order valence-electron chi connectivity index (χ2n) is 5.15. The number of hydrogen-bond donors (Lipinski definition) is 1. The largest absolute Gasteiger partial charge is 0.349 e. The van der Waals surface area contributed by atoms with E-state index >= 15 is 0 Å². The van der Waals surface area contributed by atoms with Crippen LogP contribution in [-0.4, -0.2) is 41.7 Å². The van der Waals surface area contributed by atoms with Crippen molar-refractivity contribution in [1.82, 2.24) is 15.1 Å². The van der Waals surface area contributed by atoms with E-state index in [1.165, 1.54) is 6.08 Å². The molecule has 110 valence electrons. The van der Waals surface area contributed by atoms with Crippen molar-refractivity contribution in [2.75, 3.05) is 11.5 Å². The van der Waals surface area contributed by atoms with E-state index < -0.39 is 9.84 Å². The molecule has 1 saturated heterocycles. The van der Waals surface area contributed by atoms with E-state index in [0.717, 1.165) is 17.0 Å². The number of nitrogens with one attached hydrogen (secondary N) is 1. The fraction of sp³-hybridized carbons (Fsp3) is 0.538. The van der Waals surface area contributed by atoms with Gasteiger partial charge in [-0.25, -0.2) is 8.42 Å². The number of rotatable bonds is 3. The summed E-state index contributed by atoms with van der Waals surface area (Å²) in [6, 6.07) is -0.270. The number of sulfone groups is 1. The molecule has 0 saturated carbocycles. The Morgan fingerprint density at radius 1 is 1.45 bits per heavy atom. The lowest BCUT2D eigenvalue weighted by atomic mass is 10.2. The molecule has 7 heteroatoms. The van der Waals surface area contributed by atoms with Gasteiger partial charge in [0.1, 0.15) is 0 Å². The van der Waals surface area contributed by atoms with Gasteiger partial charge in [-0.05, 0) is 26.3 Å². The highest BCUT2D eigenvalue weighted by atomic mass is 32.2. The minimum atomic E-state index is -2.97. The lowest BCUT2D eigenvalue weighted by Gasteiger charge is -2.07. The topological polar surface area (TPSA) is 81.1 Å². The van der Waals surface area contributed by atoms with Crippen LogP contribution < -0.4 is 5.32 Å². The molecule has 0 spiro atoms. The van der Waals surface area contributed by atoms with Crippen LogP contribution in [0.3, 0.4) is 0 Å². The molecule has 0 aromatic carbocycles. The first-order valence-electron chi connectivity index (χ1n) is 6.48. The van der Waals surface area contributed by atoms with E-state index in [-0.39, 0.29) is 23.5 Å². The van der Waals surface area contributed by atoms with E-state index in [1.807, 2.05) is 20.9 Å². The Kier molecular flexibility index (Phi) is 3.99. The van der Waals surface area contributed by atoms with Gasteiger partial charge in [-0.2, -0.15) is 5.10 Å². The zero-order valence-electron chi connectivity index (χ0n) is 11.9. The normalized spacial score (nSPS) is 21.4. The van der Waals surface area contributed by atoms with Crippen molar-refractivity contribution < 1.29 is 13.2 Å². The number of nitrogens with zero attached hydrogens (tertiary/aromatic N) is 2. The van der Waals surface area contributed by atoms with Crippen LogP contribution in [0.15, 0.2) is 6.08 Å². The van der Waals surface area contributed by atoms with Gasteiger partial charge in [0.05, 0.1) is 17.2 Å². The number of aryl methyl sites for hydroxylation is 2. The second kappa shape index (κ2) is 5.40. The molecule has 0 aliphatic carbocycles. The van der Waals surface area contributed by atoms with E-state index in [4.69, 9.17) is 0 Å². The quantitative estimate of drug-likeness (QED) is 0.817. The maximum Gasteiger partial charge on any atom is 0.244 e. The van der Waals surface area contributed by atoms with Gasteiger partial charge in [0.15, 0.2) is 9.84 Å². The fourth-order valence-corrected chi connectivity index (χ4v) is 4.02. The van der Waals surface area contributed by atoms with Gasteiger partial charge in [0, 0.05) is 30.4 Å². The maximum absolute atomic E-state index is 11.8. The van der Waals surface area contributed by atoms with Crippen molar-refractivity contribution in [2.45, 2.75) is 26.3 Å². The first-order valence-corrected chi connectivity index (χ1v) is 8.30. The molecule has 1 atom stereocenters. The third-order valence-corrected chi connectivity index (χ3v) is 5.31. The van der Waals surface area contributed by atoms with Crippen LogP contribution in [0.25, 0.3) is 6.08 Å². The van der Waals surface area contributed by atoms with Gasteiger partial charge >= 0.3 is 0 Å². The van der Waals surface area contributed by atoms with Crippen LogP contribution in [0.5, 0.6) is 0 Å². The third-order valence-electron chi connectivity index (χ3n) is 3.55. The SMILES string of the molecule is Cc1nn(C)c(C)c1/C=C/C(=O)N[C@@H]1CCS(=O)(=O)C1. The number of amides is 1. The maximum atomic E-state index is 11.8. The van der Waals surface area contributed by atoms with Gasteiger partial charge in [-0.3, -0.25) is 9.48 Å². The van der Waals surface area contributed by atoms with Crippen LogP contribution in [0.4, 0.5) is 0 Å². The second-order valence-corrected chi connectivity index (χ2v) is 7.38. The molecule has 6 nitrogen and oxygen atoms in total. The highest BCUT2D eigenvalue weighted by molar-refractivity contribution is 7.91. The van der Waals surface area contributed by atoms with Crippen molar-refractivity contribution in [3.05, 3.63) is 23.0 Å². The lowest BCUT2D eigenvalue weighted by molar-refractivity contribution is -0.116. The number of aromatic nitrogens is 2. The summed E-state index contributed by atoms with van der Waals surface area (Å²) >= 11 is 0. The van der Waals surface area contributed by atoms with Crippen LogP contribution in [0, 0.1) is 13.8 Å². The summed E-state index contributed by atoms with van der Waals surface area (Å²) in [5, 5.41) is 6.98. The monoisotopic (exact) mass is 297 g/mol. The first kappa shape index (κ1) is 14.8. The van der Waals surface area contributed by atoms with E-state index in [9.17, 15) is 13.2 Å². The first-order chi connectivity index (χ1) is 9.28. The molecule has 0 radical (unpaired) electrons. The molecular formula is C13H19N3O3S. The molecule has 0 unspecified atom stereocenters. The molecule has 1 aromatic rings. The Morgan fingerprint density at radius 2 is 2.15 bits per heavy atom. The van der Waals surface area contributed by atoms with Gasteiger partial charge in [-0.1, -0.05) is 0 Å². The predicted octanol–water partition coefficient (Wildman–Crippen LogP) is 0.353. The minimum absolute atomic E-state index is 0.0392. The molecule has 2 rings (SSSR count). The molecule has 1 aromatic heterocycles. The summed E-state index contributed by atoms with van der Waals surface area (Å²) in [4.78, 5) is 11.8. The zero-order chi connectivity index (χ0) is 14.9. The molecule has 1 aliphatic rings. The molecule has 20 heavy (non-hydrogen) atoms.